The number of hydrogen-bond donors (Lipinski definition) is 0. The third-order valence-corrected chi connectivity index (χ3v) is 3.83. The molecule has 20 heavy (non-hydrogen) atoms. The molecule has 3 atom stereocenters. The van der Waals surface area contributed by atoms with Gasteiger partial charge in [-0.2, -0.15) is 22.0 Å². The van der Waals surface area contributed by atoms with Crippen LogP contribution in [0.25, 0.3) is 0 Å². The van der Waals surface area contributed by atoms with E-state index in [-0.39, 0.29) is 17.8 Å². The predicted octanol–water partition coefficient (Wildman–Crippen LogP) is 4.19. The molecule has 0 aromatic heterocycles. The minimum Gasteiger partial charge on any atom is -0.457 e. The second-order valence-corrected chi connectivity index (χ2v) is 5.84. The summed E-state index contributed by atoms with van der Waals surface area (Å²) >= 11 is 0. The Morgan fingerprint density at radius 3 is 2.15 bits per heavy atom. The van der Waals surface area contributed by atoms with Crippen LogP contribution in [0.4, 0.5) is 22.0 Å². The lowest BCUT2D eigenvalue weighted by atomic mass is 9.75. The molecule has 0 bridgehead atoms. The number of halogens is 5. The van der Waals surface area contributed by atoms with E-state index in [1.807, 2.05) is 20.8 Å². The van der Waals surface area contributed by atoms with E-state index in [0.717, 1.165) is 6.42 Å². The van der Waals surface area contributed by atoms with Crippen molar-refractivity contribution < 1.29 is 31.5 Å². The van der Waals surface area contributed by atoms with E-state index in [1.165, 1.54) is 0 Å². The first-order chi connectivity index (χ1) is 8.96. The second-order valence-electron chi connectivity index (χ2n) is 5.84. The zero-order valence-corrected chi connectivity index (χ0v) is 11.6. The number of ether oxygens (including phenoxy) is 1. The smallest absolute Gasteiger partial charge is 0.457 e. The predicted molar refractivity (Wildman–Crippen MR) is 62.2 cm³/mol. The second kappa shape index (κ2) is 5.85. The molecule has 0 aromatic carbocycles. The van der Waals surface area contributed by atoms with Crippen molar-refractivity contribution in [2.75, 3.05) is 0 Å². The van der Waals surface area contributed by atoms with Crippen LogP contribution in [0.1, 0.15) is 40.0 Å². The lowest BCUT2D eigenvalue weighted by molar-refractivity contribution is -0.283. The molecule has 1 fully saturated rings. The van der Waals surface area contributed by atoms with Gasteiger partial charge in [-0.3, -0.25) is 0 Å². The summed E-state index contributed by atoms with van der Waals surface area (Å²) in [7, 11) is 0. The standard InChI is InChI=1S/C13H19F5O2/c1-7(2)9-5-4-8(3)6-10(9)20-11(19)12(14,15)13(16,17)18/h7-10H,4-6H2,1-3H3/t8-,9+,10-/m1/s1. The Morgan fingerprint density at radius 1 is 1.15 bits per heavy atom. The molecule has 0 amide bonds. The van der Waals surface area contributed by atoms with Gasteiger partial charge in [-0.1, -0.05) is 27.2 Å². The van der Waals surface area contributed by atoms with E-state index in [9.17, 15) is 26.7 Å². The number of carbonyl (C=O) groups is 1. The lowest BCUT2D eigenvalue weighted by Gasteiger charge is -2.37. The zero-order chi connectivity index (χ0) is 15.7. The molecule has 0 spiro atoms. The number of hydrogen-bond acceptors (Lipinski definition) is 2. The molecule has 118 valence electrons. The normalized spacial score (nSPS) is 28.6. The van der Waals surface area contributed by atoms with Crippen molar-refractivity contribution in [3.05, 3.63) is 0 Å². The fourth-order valence-electron chi connectivity index (χ4n) is 2.58. The SMILES string of the molecule is CC(C)[C@@H]1CC[C@@H](C)C[C@H]1OC(=O)C(F)(F)C(F)(F)F. The largest absolute Gasteiger partial charge is 0.465 e. The molecule has 1 rings (SSSR count). The third-order valence-electron chi connectivity index (χ3n) is 3.83. The quantitative estimate of drug-likeness (QED) is 0.577. The van der Waals surface area contributed by atoms with Gasteiger partial charge < -0.3 is 4.74 Å². The van der Waals surface area contributed by atoms with Gasteiger partial charge in [-0.15, -0.1) is 0 Å². The number of carbonyl (C=O) groups excluding carboxylic acids is 1. The molecular weight excluding hydrogens is 283 g/mol. The average molecular weight is 302 g/mol. The highest BCUT2D eigenvalue weighted by molar-refractivity contribution is 5.78. The summed E-state index contributed by atoms with van der Waals surface area (Å²) < 4.78 is 66.7. The van der Waals surface area contributed by atoms with Crippen molar-refractivity contribution in [2.24, 2.45) is 17.8 Å². The molecule has 0 saturated heterocycles. The van der Waals surface area contributed by atoms with Gasteiger partial charge >= 0.3 is 18.1 Å². The maximum atomic E-state index is 12.9. The topological polar surface area (TPSA) is 26.3 Å². The van der Waals surface area contributed by atoms with Gasteiger partial charge in [0.2, 0.25) is 0 Å². The van der Waals surface area contributed by atoms with Crippen LogP contribution in [0.5, 0.6) is 0 Å². The summed E-state index contributed by atoms with van der Waals surface area (Å²) in [6, 6.07) is 0. The highest BCUT2D eigenvalue weighted by atomic mass is 19.4. The Hall–Kier alpha value is -0.880. The monoisotopic (exact) mass is 302 g/mol. The molecule has 0 radical (unpaired) electrons. The van der Waals surface area contributed by atoms with E-state index in [2.05, 4.69) is 4.74 Å². The van der Waals surface area contributed by atoms with E-state index in [0.29, 0.717) is 12.8 Å². The Morgan fingerprint density at radius 2 is 1.70 bits per heavy atom. The van der Waals surface area contributed by atoms with Crippen molar-refractivity contribution in [3.8, 4) is 0 Å². The molecule has 1 aliphatic carbocycles. The van der Waals surface area contributed by atoms with Crippen LogP contribution >= 0.6 is 0 Å². The van der Waals surface area contributed by atoms with Crippen LogP contribution in [-0.4, -0.2) is 24.2 Å². The van der Waals surface area contributed by atoms with Crippen molar-refractivity contribution >= 4 is 5.97 Å². The van der Waals surface area contributed by atoms with Crippen molar-refractivity contribution in [3.63, 3.8) is 0 Å². The molecule has 0 aromatic rings. The number of rotatable bonds is 3. The molecule has 0 heterocycles. The highest BCUT2D eigenvalue weighted by Crippen LogP contribution is 2.40. The van der Waals surface area contributed by atoms with E-state index < -0.39 is 24.2 Å². The fraction of sp³-hybridized carbons (Fsp3) is 0.923. The van der Waals surface area contributed by atoms with Gasteiger partial charge in [-0.05, 0) is 30.6 Å². The third kappa shape index (κ3) is 3.61. The first-order valence-corrected chi connectivity index (χ1v) is 6.62. The Balaban J connectivity index is 2.81. The van der Waals surface area contributed by atoms with Crippen LogP contribution < -0.4 is 0 Å². The van der Waals surface area contributed by atoms with Gasteiger partial charge in [0.1, 0.15) is 6.10 Å². The molecular formula is C13H19F5O2. The molecule has 7 heteroatoms. The molecule has 0 aliphatic heterocycles. The number of alkyl halides is 5. The maximum Gasteiger partial charge on any atom is 0.465 e. The van der Waals surface area contributed by atoms with Gasteiger partial charge in [0.05, 0.1) is 0 Å². The van der Waals surface area contributed by atoms with Crippen LogP contribution in [0.2, 0.25) is 0 Å². The van der Waals surface area contributed by atoms with Gasteiger partial charge in [0, 0.05) is 0 Å². The minimum atomic E-state index is -5.92. The summed E-state index contributed by atoms with van der Waals surface area (Å²) in [4.78, 5) is 11.2. The summed E-state index contributed by atoms with van der Waals surface area (Å²) in [5.41, 5.74) is 0. The lowest BCUT2D eigenvalue weighted by Crippen LogP contribution is -2.48. The molecule has 2 nitrogen and oxygen atoms in total. The summed E-state index contributed by atoms with van der Waals surface area (Å²) in [6.07, 6.45) is -4.96. The first-order valence-electron chi connectivity index (χ1n) is 6.62. The average Bonchev–Trinajstić information content (AvgIpc) is 2.26. The Labute approximate surface area is 114 Å². The maximum absolute atomic E-state index is 12.9. The van der Waals surface area contributed by atoms with Gasteiger partial charge in [0.15, 0.2) is 0 Å². The Kier molecular flexibility index (Phi) is 5.03. The minimum absolute atomic E-state index is 0.0554. The van der Waals surface area contributed by atoms with Gasteiger partial charge in [0.25, 0.3) is 0 Å². The van der Waals surface area contributed by atoms with Crippen LogP contribution in [-0.2, 0) is 9.53 Å². The van der Waals surface area contributed by atoms with Crippen LogP contribution in [0.15, 0.2) is 0 Å². The van der Waals surface area contributed by atoms with Gasteiger partial charge in [-0.25, -0.2) is 4.79 Å². The first kappa shape index (κ1) is 17.2. The molecule has 1 aliphatic rings. The van der Waals surface area contributed by atoms with Crippen molar-refractivity contribution in [1.82, 2.24) is 0 Å². The summed E-state index contributed by atoms with van der Waals surface area (Å²) in [6.45, 7) is 5.53. The molecule has 0 unspecified atom stereocenters. The zero-order valence-electron chi connectivity index (χ0n) is 11.6. The van der Waals surface area contributed by atoms with E-state index in [1.54, 1.807) is 0 Å². The van der Waals surface area contributed by atoms with E-state index >= 15 is 0 Å². The van der Waals surface area contributed by atoms with Crippen LogP contribution in [0.3, 0.4) is 0 Å². The Bertz CT molecular complexity index is 351. The summed E-state index contributed by atoms with van der Waals surface area (Å²) in [5.74, 6) is -7.93. The van der Waals surface area contributed by atoms with E-state index in [4.69, 9.17) is 0 Å². The molecule has 0 N–H and O–H groups in total. The van der Waals surface area contributed by atoms with Crippen molar-refractivity contribution in [1.29, 1.82) is 0 Å². The molecule has 1 saturated carbocycles. The summed E-state index contributed by atoms with van der Waals surface area (Å²) in [5, 5.41) is 0. The highest BCUT2D eigenvalue weighted by Gasteiger charge is 2.65. The number of esters is 1. The van der Waals surface area contributed by atoms with Crippen LogP contribution in [0, 0.1) is 17.8 Å². The fourth-order valence-corrected chi connectivity index (χ4v) is 2.58. The van der Waals surface area contributed by atoms with Crippen molar-refractivity contribution in [2.45, 2.75) is 58.2 Å².